The summed E-state index contributed by atoms with van der Waals surface area (Å²) in [5, 5.41) is 3.82. The van der Waals surface area contributed by atoms with Crippen molar-refractivity contribution in [2.75, 3.05) is 6.61 Å². The number of Topliss-reactive ketones (excluding diaryl/α,β-unsaturated/α-hetero) is 1. The normalized spacial score (nSPS) is 13.7. The fourth-order valence-corrected chi connectivity index (χ4v) is 4.15. The molecule has 0 bridgehead atoms. The number of nitrogens with one attached hydrogen (secondary N) is 2. The highest BCUT2D eigenvalue weighted by Crippen LogP contribution is 2.30. The molecule has 0 aliphatic heterocycles. The summed E-state index contributed by atoms with van der Waals surface area (Å²) in [7, 11) is 0. The van der Waals surface area contributed by atoms with Gasteiger partial charge in [0, 0.05) is 18.2 Å². The largest absolute Gasteiger partial charge is 0.472 e. The summed E-state index contributed by atoms with van der Waals surface area (Å²) < 4.78 is 16.3. The second-order valence-electron chi connectivity index (χ2n) is 8.32. The van der Waals surface area contributed by atoms with Crippen molar-refractivity contribution < 1.29 is 28.3 Å². The van der Waals surface area contributed by atoms with Gasteiger partial charge in [-0.3, -0.25) is 9.59 Å². The third-order valence-corrected chi connectivity index (χ3v) is 6.20. The molecule has 2 N–H and O–H groups in total. The Labute approximate surface area is 205 Å². The van der Waals surface area contributed by atoms with Gasteiger partial charge in [0.15, 0.2) is 5.78 Å². The molecule has 1 heterocycles. The second-order valence-corrected chi connectivity index (χ2v) is 9.47. The fraction of sp³-hybridized carbons (Fsp3) is 0.480. The number of rotatable bonds is 14. The van der Waals surface area contributed by atoms with Crippen molar-refractivity contribution in [1.82, 2.24) is 10.6 Å². The summed E-state index contributed by atoms with van der Waals surface area (Å²) in [6.07, 6.45) is 3.43. The van der Waals surface area contributed by atoms with Gasteiger partial charge in [-0.1, -0.05) is 62.9 Å². The lowest BCUT2D eigenvalue weighted by atomic mass is 10.0. The number of furan rings is 1. The van der Waals surface area contributed by atoms with Crippen LogP contribution in [0.15, 0.2) is 53.3 Å². The van der Waals surface area contributed by atoms with Gasteiger partial charge in [-0.15, -0.1) is 0 Å². The van der Waals surface area contributed by atoms with Crippen LogP contribution < -0.4 is 10.6 Å². The highest BCUT2D eigenvalue weighted by atomic mass is 32.2. The van der Waals surface area contributed by atoms with E-state index in [4.69, 9.17) is 13.9 Å². The van der Waals surface area contributed by atoms with Crippen LogP contribution in [0.1, 0.15) is 51.7 Å². The molecule has 34 heavy (non-hydrogen) atoms. The molecule has 1 aromatic heterocycles. The summed E-state index contributed by atoms with van der Waals surface area (Å²) in [6.45, 7) is 7.53. The van der Waals surface area contributed by atoms with Crippen molar-refractivity contribution in [2.45, 2.75) is 64.0 Å². The fourth-order valence-electron chi connectivity index (χ4n) is 3.07. The Hall–Kier alpha value is -2.78. The molecule has 0 aliphatic rings. The number of ketones is 1. The van der Waals surface area contributed by atoms with Gasteiger partial charge in [0.1, 0.15) is 12.6 Å². The smallest absolute Gasteiger partial charge is 0.408 e. The number of carbonyl (C=O) groups is 3. The van der Waals surface area contributed by atoms with Gasteiger partial charge in [-0.2, -0.15) is 0 Å². The van der Waals surface area contributed by atoms with Gasteiger partial charge < -0.3 is 24.5 Å². The lowest BCUT2D eigenvalue weighted by Crippen LogP contribution is -2.58. The molecular weight excluding hydrogens is 456 g/mol. The van der Waals surface area contributed by atoms with Crippen LogP contribution in [0, 0.1) is 5.92 Å². The number of ether oxygens (including phenoxy) is 2. The first-order valence-electron chi connectivity index (χ1n) is 11.3. The van der Waals surface area contributed by atoms with E-state index < -0.39 is 23.1 Å². The van der Waals surface area contributed by atoms with Gasteiger partial charge >= 0.3 is 6.09 Å². The van der Waals surface area contributed by atoms with Crippen molar-refractivity contribution >= 4 is 29.5 Å². The van der Waals surface area contributed by atoms with Crippen molar-refractivity contribution in [3.63, 3.8) is 0 Å². The molecule has 9 heteroatoms. The number of hydrogen-bond acceptors (Lipinski definition) is 7. The molecule has 0 fully saturated rings. The number of hydrogen-bond donors (Lipinski definition) is 2. The summed E-state index contributed by atoms with van der Waals surface area (Å²) in [5.74, 6) is -0.372. The van der Waals surface area contributed by atoms with Crippen molar-refractivity contribution in [2.24, 2.45) is 5.92 Å². The minimum Gasteiger partial charge on any atom is -0.472 e. The van der Waals surface area contributed by atoms with E-state index in [9.17, 15) is 14.4 Å². The van der Waals surface area contributed by atoms with E-state index in [1.807, 2.05) is 51.1 Å². The van der Waals surface area contributed by atoms with Gasteiger partial charge in [-0.05, 0) is 30.4 Å². The number of alkyl carbamates (subject to hydrolysis) is 1. The summed E-state index contributed by atoms with van der Waals surface area (Å²) in [4.78, 5) is 38.4. The number of benzene rings is 1. The lowest BCUT2D eigenvalue weighted by molar-refractivity contribution is -0.142. The van der Waals surface area contributed by atoms with Crippen LogP contribution in [0.2, 0.25) is 0 Å². The van der Waals surface area contributed by atoms with Gasteiger partial charge in [0.2, 0.25) is 5.91 Å². The molecule has 0 radical (unpaired) electrons. The molecule has 0 saturated heterocycles. The highest BCUT2D eigenvalue weighted by molar-refractivity contribution is 8.00. The molecule has 1 aromatic carbocycles. The van der Waals surface area contributed by atoms with E-state index >= 15 is 0 Å². The summed E-state index contributed by atoms with van der Waals surface area (Å²) in [6, 6.07) is 10.1. The molecule has 2 atom stereocenters. The zero-order valence-corrected chi connectivity index (χ0v) is 21.0. The SMILES string of the molecule is CCCOC(NC(=O)C(CC(C)C)NC(=O)OCc1ccccc1)(SCc1ccoc1)C(C)=O. The van der Waals surface area contributed by atoms with Gasteiger partial charge in [-0.25, -0.2) is 4.79 Å². The summed E-state index contributed by atoms with van der Waals surface area (Å²) >= 11 is 1.16. The van der Waals surface area contributed by atoms with E-state index in [1.54, 1.807) is 18.6 Å². The molecule has 0 aliphatic carbocycles. The van der Waals surface area contributed by atoms with Crippen LogP contribution >= 0.6 is 11.8 Å². The molecule has 2 unspecified atom stereocenters. The molecule has 8 nitrogen and oxygen atoms in total. The van der Waals surface area contributed by atoms with E-state index in [2.05, 4.69) is 10.6 Å². The molecule has 186 valence electrons. The first-order chi connectivity index (χ1) is 16.3. The van der Waals surface area contributed by atoms with E-state index in [1.165, 1.54) is 6.92 Å². The van der Waals surface area contributed by atoms with Gasteiger partial charge in [0.05, 0.1) is 19.1 Å². The number of amides is 2. The van der Waals surface area contributed by atoms with Crippen LogP contribution in [0.5, 0.6) is 0 Å². The Kier molecular flexibility index (Phi) is 11.2. The molecule has 2 rings (SSSR count). The van der Waals surface area contributed by atoms with Crippen LogP contribution in [-0.2, 0) is 31.4 Å². The summed E-state index contributed by atoms with van der Waals surface area (Å²) in [5.41, 5.74) is 1.69. The average molecular weight is 491 g/mol. The molecule has 0 saturated carbocycles. The molecule has 2 amide bonds. The van der Waals surface area contributed by atoms with Crippen LogP contribution in [0.4, 0.5) is 4.79 Å². The monoisotopic (exact) mass is 490 g/mol. The second kappa shape index (κ2) is 13.8. The first-order valence-corrected chi connectivity index (χ1v) is 12.3. The quantitative estimate of drug-likeness (QED) is 0.372. The Morgan fingerprint density at radius 3 is 2.44 bits per heavy atom. The van der Waals surface area contributed by atoms with Gasteiger partial charge in [0.25, 0.3) is 5.06 Å². The highest BCUT2D eigenvalue weighted by Gasteiger charge is 2.41. The first kappa shape index (κ1) is 27.5. The third-order valence-electron chi connectivity index (χ3n) is 4.81. The number of carbonyl (C=O) groups excluding carboxylic acids is 3. The molecule has 0 spiro atoms. The molecule has 2 aromatic rings. The topological polar surface area (TPSA) is 107 Å². The Morgan fingerprint density at radius 2 is 1.85 bits per heavy atom. The van der Waals surface area contributed by atoms with Crippen molar-refractivity contribution in [1.29, 1.82) is 0 Å². The number of thioether (sulfide) groups is 1. The molecular formula is C25H34N2O6S. The predicted octanol–water partition coefficient (Wildman–Crippen LogP) is 4.64. The minimum absolute atomic E-state index is 0.0836. The van der Waals surface area contributed by atoms with Crippen LogP contribution in [0.3, 0.4) is 0 Å². The van der Waals surface area contributed by atoms with E-state index in [0.29, 0.717) is 18.6 Å². The maximum absolute atomic E-state index is 13.3. The predicted molar refractivity (Wildman–Crippen MR) is 131 cm³/mol. The zero-order valence-electron chi connectivity index (χ0n) is 20.2. The van der Waals surface area contributed by atoms with Crippen LogP contribution in [-0.4, -0.2) is 35.5 Å². The van der Waals surface area contributed by atoms with E-state index in [-0.39, 0.29) is 24.9 Å². The minimum atomic E-state index is -1.59. The zero-order chi connectivity index (χ0) is 25.0. The van der Waals surface area contributed by atoms with E-state index in [0.717, 1.165) is 22.9 Å². The Morgan fingerprint density at radius 1 is 1.12 bits per heavy atom. The van der Waals surface area contributed by atoms with Crippen molar-refractivity contribution in [3.05, 3.63) is 60.1 Å². The Bertz CT molecular complexity index is 903. The average Bonchev–Trinajstić information content (AvgIpc) is 3.33. The maximum atomic E-state index is 13.3. The van der Waals surface area contributed by atoms with Crippen LogP contribution in [0.25, 0.3) is 0 Å². The third kappa shape index (κ3) is 8.87. The van der Waals surface area contributed by atoms with Crippen molar-refractivity contribution in [3.8, 4) is 0 Å². The Balaban J connectivity index is 2.12. The maximum Gasteiger partial charge on any atom is 0.408 e. The standard InChI is InChI=1S/C25H34N2O6S/c1-5-12-33-25(19(4)28,34-17-21-11-13-31-15-21)27-23(29)22(14-18(2)3)26-24(30)32-16-20-9-7-6-8-10-20/h6-11,13,15,18,22H,5,12,14,16-17H2,1-4H3,(H,26,30)(H,27,29). The lowest BCUT2D eigenvalue weighted by Gasteiger charge is -2.33.